The van der Waals surface area contributed by atoms with Gasteiger partial charge in [-0.05, 0) is 50.4 Å². The summed E-state index contributed by atoms with van der Waals surface area (Å²) in [5, 5.41) is 6.31. The molecule has 0 saturated heterocycles. The maximum absolute atomic E-state index is 11.1. The Bertz CT molecular complexity index is 407. The summed E-state index contributed by atoms with van der Waals surface area (Å²) < 4.78 is 5.03. The molecule has 0 fully saturated rings. The van der Waals surface area contributed by atoms with Crippen LogP contribution in [0.2, 0.25) is 0 Å². The van der Waals surface area contributed by atoms with Crippen LogP contribution in [-0.2, 0) is 9.53 Å². The third-order valence-electron chi connectivity index (χ3n) is 3.18. The lowest BCUT2D eigenvalue weighted by Gasteiger charge is -2.15. The fourth-order valence-corrected chi connectivity index (χ4v) is 2.07. The van der Waals surface area contributed by atoms with Crippen molar-refractivity contribution in [3.63, 3.8) is 0 Å². The van der Waals surface area contributed by atoms with Crippen LogP contribution >= 0.6 is 0 Å². The van der Waals surface area contributed by atoms with Gasteiger partial charge in [-0.3, -0.25) is 4.79 Å². The van der Waals surface area contributed by atoms with Gasteiger partial charge in [0.15, 0.2) is 0 Å². The zero-order valence-corrected chi connectivity index (χ0v) is 12.7. The molecule has 112 valence electrons. The van der Waals surface area contributed by atoms with Crippen LogP contribution in [0.3, 0.4) is 0 Å². The highest BCUT2D eigenvalue weighted by atomic mass is 16.5. The average molecular weight is 278 g/mol. The summed E-state index contributed by atoms with van der Waals surface area (Å²) in [6, 6.07) is 8.25. The standard InChI is InChI=1S/C16H26N2O2/c1-13(17-10-5-4-6-11-20-3)15-8-7-9-16(12-15)18-14(2)19/h7-9,12-13,17H,4-6,10-11H2,1-3H3,(H,18,19). The van der Waals surface area contributed by atoms with Crippen molar-refractivity contribution in [3.05, 3.63) is 29.8 Å². The molecular formula is C16H26N2O2. The Balaban J connectivity index is 2.35. The number of hydrogen-bond acceptors (Lipinski definition) is 3. The lowest BCUT2D eigenvalue weighted by molar-refractivity contribution is -0.114. The summed E-state index contributed by atoms with van der Waals surface area (Å²) in [7, 11) is 1.74. The number of benzene rings is 1. The number of ether oxygens (including phenoxy) is 1. The number of unbranched alkanes of at least 4 members (excludes halogenated alkanes) is 2. The minimum Gasteiger partial charge on any atom is -0.385 e. The number of methoxy groups -OCH3 is 1. The third-order valence-corrected chi connectivity index (χ3v) is 3.18. The van der Waals surface area contributed by atoms with Gasteiger partial charge in [0, 0.05) is 32.4 Å². The second-order valence-corrected chi connectivity index (χ2v) is 5.04. The number of amides is 1. The van der Waals surface area contributed by atoms with Gasteiger partial charge in [0.1, 0.15) is 0 Å². The Morgan fingerprint density at radius 3 is 2.80 bits per heavy atom. The molecule has 1 amide bonds. The van der Waals surface area contributed by atoms with E-state index in [0.29, 0.717) is 0 Å². The molecule has 0 aliphatic heterocycles. The van der Waals surface area contributed by atoms with Gasteiger partial charge in [-0.15, -0.1) is 0 Å². The first-order valence-corrected chi connectivity index (χ1v) is 7.23. The fraction of sp³-hybridized carbons (Fsp3) is 0.562. The monoisotopic (exact) mass is 278 g/mol. The van der Waals surface area contributed by atoms with Crippen molar-refractivity contribution in [1.82, 2.24) is 5.32 Å². The molecule has 0 aromatic heterocycles. The van der Waals surface area contributed by atoms with Crippen molar-refractivity contribution in [2.75, 3.05) is 25.6 Å². The van der Waals surface area contributed by atoms with Gasteiger partial charge in [-0.2, -0.15) is 0 Å². The molecular weight excluding hydrogens is 252 g/mol. The number of rotatable bonds is 9. The zero-order valence-electron chi connectivity index (χ0n) is 12.7. The molecule has 1 aromatic carbocycles. The highest BCUT2D eigenvalue weighted by Gasteiger charge is 2.05. The van der Waals surface area contributed by atoms with Gasteiger partial charge < -0.3 is 15.4 Å². The normalized spacial score (nSPS) is 12.2. The van der Waals surface area contributed by atoms with Crippen LogP contribution in [0.4, 0.5) is 5.69 Å². The molecule has 1 aromatic rings. The molecule has 0 aliphatic carbocycles. The molecule has 0 aliphatic rings. The van der Waals surface area contributed by atoms with Crippen molar-refractivity contribution >= 4 is 11.6 Å². The third kappa shape index (κ3) is 6.68. The van der Waals surface area contributed by atoms with Crippen LogP contribution in [-0.4, -0.2) is 26.2 Å². The van der Waals surface area contributed by atoms with E-state index in [4.69, 9.17) is 4.74 Å². The van der Waals surface area contributed by atoms with E-state index in [0.717, 1.165) is 31.7 Å². The van der Waals surface area contributed by atoms with Crippen LogP contribution in [0.25, 0.3) is 0 Å². The molecule has 1 unspecified atom stereocenters. The van der Waals surface area contributed by atoms with Crippen molar-refractivity contribution < 1.29 is 9.53 Å². The summed E-state index contributed by atoms with van der Waals surface area (Å²) >= 11 is 0. The van der Waals surface area contributed by atoms with E-state index in [-0.39, 0.29) is 11.9 Å². The summed E-state index contributed by atoms with van der Waals surface area (Å²) in [5.41, 5.74) is 2.04. The maximum atomic E-state index is 11.1. The van der Waals surface area contributed by atoms with Crippen LogP contribution in [0.1, 0.15) is 44.7 Å². The van der Waals surface area contributed by atoms with E-state index in [1.54, 1.807) is 7.11 Å². The Hall–Kier alpha value is -1.39. The van der Waals surface area contributed by atoms with E-state index in [9.17, 15) is 4.79 Å². The summed E-state index contributed by atoms with van der Waals surface area (Å²) in [6.07, 6.45) is 3.45. The van der Waals surface area contributed by atoms with Gasteiger partial charge in [-0.1, -0.05) is 12.1 Å². The van der Waals surface area contributed by atoms with Gasteiger partial charge in [0.2, 0.25) is 5.91 Å². The molecule has 1 atom stereocenters. The molecule has 2 N–H and O–H groups in total. The SMILES string of the molecule is COCCCCCNC(C)c1cccc(NC(C)=O)c1. The van der Waals surface area contributed by atoms with Gasteiger partial charge >= 0.3 is 0 Å². The Morgan fingerprint density at radius 1 is 1.30 bits per heavy atom. The lowest BCUT2D eigenvalue weighted by atomic mass is 10.1. The first kappa shape index (κ1) is 16.7. The van der Waals surface area contributed by atoms with Gasteiger partial charge in [0.25, 0.3) is 0 Å². The first-order chi connectivity index (χ1) is 9.63. The van der Waals surface area contributed by atoms with E-state index < -0.39 is 0 Å². The molecule has 4 nitrogen and oxygen atoms in total. The summed E-state index contributed by atoms with van der Waals surface area (Å²) in [4.78, 5) is 11.1. The van der Waals surface area contributed by atoms with Crippen LogP contribution < -0.4 is 10.6 Å². The Labute approximate surface area is 121 Å². The van der Waals surface area contributed by atoms with Crippen LogP contribution in [0.5, 0.6) is 0 Å². The van der Waals surface area contributed by atoms with Crippen molar-refractivity contribution in [1.29, 1.82) is 0 Å². The minimum atomic E-state index is -0.0408. The van der Waals surface area contributed by atoms with Crippen molar-refractivity contribution in [2.45, 2.75) is 39.2 Å². The maximum Gasteiger partial charge on any atom is 0.221 e. The second-order valence-electron chi connectivity index (χ2n) is 5.04. The molecule has 1 rings (SSSR count). The van der Waals surface area contributed by atoms with Crippen LogP contribution in [0, 0.1) is 0 Å². The quantitative estimate of drug-likeness (QED) is 0.682. The minimum absolute atomic E-state index is 0.0408. The second kappa shape index (κ2) is 9.50. The lowest BCUT2D eigenvalue weighted by Crippen LogP contribution is -2.20. The predicted octanol–water partition coefficient (Wildman–Crippen LogP) is 3.11. The highest BCUT2D eigenvalue weighted by molar-refractivity contribution is 5.88. The van der Waals surface area contributed by atoms with Crippen LogP contribution in [0.15, 0.2) is 24.3 Å². The molecule has 0 heterocycles. The predicted molar refractivity (Wildman–Crippen MR) is 82.9 cm³/mol. The van der Waals surface area contributed by atoms with E-state index in [1.807, 2.05) is 18.2 Å². The average Bonchev–Trinajstić information content (AvgIpc) is 2.42. The zero-order chi connectivity index (χ0) is 14.8. The molecule has 0 spiro atoms. The van der Waals surface area contributed by atoms with E-state index in [1.165, 1.54) is 18.9 Å². The fourth-order valence-electron chi connectivity index (χ4n) is 2.07. The summed E-state index contributed by atoms with van der Waals surface area (Å²) in [6.45, 7) is 5.50. The highest BCUT2D eigenvalue weighted by Crippen LogP contribution is 2.17. The first-order valence-electron chi connectivity index (χ1n) is 7.23. The van der Waals surface area contributed by atoms with Gasteiger partial charge in [-0.25, -0.2) is 0 Å². The number of carbonyl (C=O) groups excluding carboxylic acids is 1. The Morgan fingerprint density at radius 2 is 2.10 bits per heavy atom. The molecule has 0 bridgehead atoms. The Kier molecular flexibility index (Phi) is 7.92. The molecule has 4 heteroatoms. The number of anilines is 1. The number of hydrogen-bond donors (Lipinski definition) is 2. The molecule has 20 heavy (non-hydrogen) atoms. The number of carbonyl (C=O) groups is 1. The molecule has 0 saturated carbocycles. The van der Waals surface area contributed by atoms with E-state index in [2.05, 4.69) is 23.6 Å². The van der Waals surface area contributed by atoms with E-state index >= 15 is 0 Å². The summed E-state index contributed by atoms with van der Waals surface area (Å²) in [5.74, 6) is -0.0408. The largest absolute Gasteiger partial charge is 0.385 e. The number of nitrogens with one attached hydrogen (secondary N) is 2. The van der Waals surface area contributed by atoms with Gasteiger partial charge in [0.05, 0.1) is 0 Å². The smallest absolute Gasteiger partial charge is 0.221 e. The molecule has 0 radical (unpaired) electrons. The van der Waals surface area contributed by atoms with Crippen molar-refractivity contribution in [2.24, 2.45) is 0 Å². The van der Waals surface area contributed by atoms with Crippen molar-refractivity contribution in [3.8, 4) is 0 Å². The topological polar surface area (TPSA) is 50.4 Å².